The van der Waals surface area contributed by atoms with Crippen molar-refractivity contribution in [1.82, 2.24) is 0 Å². The molecule has 1 radical (unpaired) electrons. The third-order valence-electron chi connectivity index (χ3n) is 7.59. The molecule has 6 aromatic rings. The number of phenols is 2. The van der Waals surface area contributed by atoms with Gasteiger partial charge in [0.05, 0.1) is 62.3 Å². The largest absolute Gasteiger partial charge is 0.506 e. The van der Waals surface area contributed by atoms with Crippen LogP contribution >= 0.6 is 24.1 Å². The van der Waals surface area contributed by atoms with Crippen LogP contribution in [0.4, 0.5) is 39.8 Å². The van der Waals surface area contributed by atoms with Crippen molar-refractivity contribution >= 4 is 106 Å². The van der Waals surface area contributed by atoms with E-state index in [0.717, 1.165) is 24.2 Å². The van der Waals surface area contributed by atoms with E-state index >= 15 is 0 Å². The Balaban J connectivity index is 0.00000641. The molecule has 0 saturated heterocycles. The van der Waals surface area contributed by atoms with Crippen molar-refractivity contribution < 1.29 is 82.5 Å². The number of hydrogen-bond donors (Lipinski definition) is 7. The third-order valence-corrected chi connectivity index (χ3v) is 10.5. The molecule has 6 aromatic carbocycles. The summed E-state index contributed by atoms with van der Waals surface area (Å²) in [6, 6.07) is 20.6. The summed E-state index contributed by atoms with van der Waals surface area (Å²) < 4.78 is 75.6. The average molecular weight is 921 g/mol. The minimum absolute atomic E-state index is 0. The van der Waals surface area contributed by atoms with Crippen molar-refractivity contribution in [3.05, 3.63) is 91.0 Å². The molecular weight excluding hydrogens is 898 g/mol. The normalized spacial score (nSPS) is 12.3. The van der Waals surface area contributed by atoms with Gasteiger partial charge in [-0.3, -0.25) is 9.11 Å². The maximum atomic E-state index is 12.0. The van der Waals surface area contributed by atoms with Gasteiger partial charge < -0.3 is 15.9 Å². The van der Waals surface area contributed by atoms with Crippen LogP contribution < -0.4 is 5.73 Å². The smallest absolute Gasteiger partial charge is 0.296 e. The fourth-order valence-corrected chi connectivity index (χ4v) is 7.14. The Bertz CT molecular complexity index is 2850. The van der Waals surface area contributed by atoms with Crippen molar-refractivity contribution in [2.24, 2.45) is 30.7 Å². The molecule has 0 aromatic heterocycles. The zero-order valence-electron chi connectivity index (χ0n) is 28.3. The molecule has 0 spiro atoms. The summed E-state index contributed by atoms with van der Waals surface area (Å²) >= 11 is 1.08. The van der Waals surface area contributed by atoms with Crippen LogP contribution in [0.25, 0.3) is 21.5 Å². The fourth-order valence-electron chi connectivity index (χ4n) is 5.09. The zero-order valence-corrected chi connectivity index (χ0v) is 32.5. The van der Waals surface area contributed by atoms with Gasteiger partial charge in [0.2, 0.25) is 0 Å². The molecule has 0 unspecified atom stereocenters. The summed E-state index contributed by atoms with van der Waals surface area (Å²) in [5.41, 5.74) is 5.95. The molecule has 58 heavy (non-hydrogen) atoms. The van der Waals surface area contributed by atoms with Crippen LogP contribution in [0.15, 0.2) is 141 Å². The average Bonchev–Trinajstić information content (AvgIpc) is 3.17. The van der Waals surface area contributed by atoms with Crippen molar-refractivity contribution in [3.8, 4) is 11.5 Å². The molecule has 8 N–H and O–H groups in total. The first-order chi connectivity index (χ1) is 27.2. The Morgan fingerprint density at radius 3 is 1.90 bits per heavy atom. The van der Waals surface area contributed by atoms with Gasteiger partial charge in [0.1, 0.15) is 22.0 Å². The van der Waals surface area contributed by atoms with E-state index in [4.69, 9.17) is 16.2 Å². The van der Waals surface area contributed by atoms with Gasteiger partial charge in [0, 0.05) is 44.2 Å². The van der Waals surface area contributed by atoms with Crippen LogP contribution in [-0.2, 0) is 56.0 Å². The Morgan fingerprint density at radius 2 is 1.24 bits per heavy atom. The maximum absolute atomic E-state index is 12.0. The zero-order chi connectivity index (χ0) is 40.9. The number of aromatic hydroxyl groups is 2. The van der Waals surface area contributed by atoms with Crippen LogP contribution in [0.3, 0.4) is 0 Å². The van der Waals surface area contributed by atoms with Gasteiger partial charge in [-0.25, -0.2) is 10.5 Å². The van der Waals surface area contributed by atoms with Gasteiger partial charge in [-0.2, -0.15) is 27.1 Å². The molecule has 0 aliphatic rings. The predicted octanol–water partition coefficient (Wildman–Crippen LogP) is 9.58. The summed E-state index contributed by atoms with van der Waals surface area (Å²) in [5.74, 6) is -1.02. The molecule has 0 bridgehead atoms. The number of rotatable bonds is 14. The quantitative estimate of drug-likeness (QED) is 0.0102. The number of azo groups is 3. The van der Waals surface area contributed by atoms with Gasteiger partial charge in [0.15, 0.2) is 5.75 Å². The van der Waals surface area contributed by atoms with Crippen LogP contribution in [0.2, 0.25) is 0 Å². The summed E-state index contributed by atoms with van der Waals surface area (Å²) in [6.45, 7) is 0. The Labute approximate surface area is 345 Å². The topological polar surface area (TPSA) is 327 Å². The van der Waals surface area contributed by atoms with Crippen LogP contribution in [0.5, 0.6) is 11.5 Å². The van der Waals surface area contributed by atoms with E-state index < -0.39 is 41.5 Å². The first kappa shape index (κ1) is 44.0. The Morgan fingerprint density at radius 1 is 0.603 bits per heavy atom. The first-order valence-corrected chi connectivity index (χ1v) is 19.6. The van der Waals surface area contributed by atoms with Crippen molar-refractivity contribution in [2.45, 2.75) is 19.6 Å². The number of benzene rings is 6. The van der Waals surface area contributed by atoms with Crippen molar-refractivity contribution in [1.29, 1.82) is 0 Å². The monoisotopic (exact) mass is 920 g/mol. The number of fused-ring (bicyclic) bond motifs is 2. The second-order valence-electron chi connectivity index (χ2n) is 11.2. The molecule has 0 fully saturated rings. The standard InChI is InChI=1S/C32H23N7O14S4.Cu/c33-24-15-22-16(11-30(24)57(47,48)49)10-29(55-53-51-43)31(32(22)41)39-38-27-7-4-18(13-28(27)40)35-37-26-9-8-25(21-6-5-20(14-23(21)26)56(44,45)46)36-34-17-2-1-3-19(12-17)54-52-50-42;/h1-15,40-43H,33H2,(H,44,45,46)(H,47,48,49);. The Kier molecular flexibility index (Phi) is 14.1. The summed E-state index contributed by atoms with van der Waals surface area (Å²) in [5, 5.41) is 71.6. The molecule has 0 amide bonds. The first-order valence-electron chi connectivity index (χ1n) is 15.2. The van der Waals surface area contributed by atoms with E-state index in [2.05, 4.69) is 49.4 Å². The molecule has 26 heteroatoms. The molecule has 0 aliphatic heterocycles. The van der Waals surface area contributed by atoms with E-state index in [9.17, 15) is 36.2 Å². The van der Waals surface area contributed by atoms with Gasteiger partial charge in [-0.1, -0.05) is 22.2 Å². The molecule has 305 valence electrons. The second kappa shape index (κ2) is 18.6. The number of phenolic OH excluding ortho intramolecular Hbond substituents is 2. The second-order valence-corrected chi connectivity index (χ2v) is 15.5. The number of nitrogens with two attached hydrogens (primary N) is 1. The summed E-state index contributed by atoms with van der Waals surface area (Å²) in [7, 11) is -9.35. The summed E-state index contributed by atoms with van der Waals surface area (Å²) in [4.78, 5) is -0.578. The molecule has 21 nitrogen and oxygen atoms in total. The van der Waals surface area contributed by atoms with Gasteiger partial charge >= 0.3 is 0 Å². The van der Waals surface area contributed by atoms with Crippen molar-refractivity contribution in [2.75, 3.05) is 5.73 Å². The minimum Gasteiger partial charge on any atom is -0.506 e. The van der Waals surface area contributed by atoms with Crippen molar-refractivity contribution in [3.63, 3.8) is 0 Å². The molecule has 0 atom stereocenters. The molecule has 0 saturated carbocycles. The maximum Gasteiger partial charge on any atom is 0.296 e. The molecule has 0 aliphatic carbocycles. The SMILES string of the molecule is Nc1cc2c(O)c(N=Nc3ccc(N=Nc4ccc(N=Nc5cccc(SOOO)c5)c5ccc(S(=O)(=O)O)cc45)cc3O)c(SOOO)cc2cc1S(=O)(=O)O.[Cu]. The summed E-state index contributed by atoms with van der Waals surface area (Å²) in [6.07, 6.45) is 0. The minimum atomic E-state index is -4.73. The number of hydrogen-bond acceptors (Lipinski definition) is 21. The van der Waals surface area contributed by atoms with E-state index in [0.29, 0.717) is 33.7 Å². The van der Waals surface area contributed by atoms with Gasteiger partial charge in [-0.15, -0.1) is 29.1 Å². The van der Waals surface area contributed by atoms with Crippen LogP contribution in [0.1, 0.15) is 0 Å². The van der Waals surface area contributed by atoms with E-state index in [1.165, 1.54) is 48.5 Å². The number of nitrogens with zero attached hydrogens (tertiary/aromatic N) is 6. The predicted molar refractivity (Wildman–Crippen MR) is 202 cm³/mol. The fraction of sp³-hybridized carbons (Fsp3) is 0. The third kappa shape index (κ3) is 10.3. The van der Waals surface area contributed by atoms with E-state index in [1.54, 1.807) is 30.3 Å². The van der Waals surface area contributed by atoms with Crippen LogP contribution in [0, 0.1) is 0 Å². The molecule has 6 rings (SSSR count). The van der Waals surface area contributed by atoms with E-state index in [1.807, 2.05) is 0 Å². The van der Waals surface area contributed by atoms with Gasteiger partial charge in [0.25, 0.3) is 20.2 Å². The molecular formula is C32H23CuN7O14S4. The number of anilines is 1. The van der Waals surface area contributed by atoms with E-state index in [-0.39, 0.29) is 66.6 Å². The number of nitrogen functional groups attached to an aromatic ring is 1. The van der Waals surface area contributed by atoms with Gasteiger partial charge in [-0.05, 0) is 78.2 Å². The Hall–Kier alpha value is -5.16. The van der Waals surface area contributed by atoms with Crippen LogP contribution in [-0.4, -0.2) is 46.7 Å². The molecule has 0 heterocycles.